The lowest BCUT2D eigenvalue weighted by Crippen LogP contribution is -2.27. The Kier molecular flexibility index (Phi) is 8.43. The van der Waals surface area contributed by atoms with E-state index in [0.717, 1.165) is 26.1 Å². The number of carbonyl (C=O) groups is 1. The molecule has 0 bridgehead atoms. The smallest absolute Gasteiger partial charge is 0.490 e. The van der Waals surface area contributed by atoms with E-state index in [4.69, 9.17) is 14.2 Å². The van der Waals surface area contributed by atoms with Gasteiger partial charge in [-0.05, 0) is 51.3 Å². The lowest BCUT2D eigenvalue weighted by molar-refractivity contribution is -0.205. The number of halogens is 6. The van der Waals surface area contributed by atoms with Gasteiger partial charge in [0.1, 0.15) is 6.10 Å². The fourth-order valence-electron chi connectivity index (χ4n) is 4.87. The van der Waals surface area contributed by atoms with Crippen LogP contribution in [0, 0.1) is 0 Å². The van der Waals surface area contributed by atoms with Gasteiger partial charge in [-0.15, -0.1) is 0 Å². The van der Waals surface area contributed by atoms with Gasteiger partial charge >= 0.3 is 18.3 Å². The van der Waals surface area contributed by atoms with E-state index in [1.165, 1.54) is 26.0 Å². The number of anilines is 1. The number of nitrogens with zero attached hydrogens (tertiary/aromatic N) is 2. The van der Waals surface area contributed by atoms with Crippen molar-refractivity contribution in [2.24, 2.45) is 0 Å². The number of methoxy groups -OCH3 is 1. The summed E-state index contributed by atoms with van der Waals surface area (Å²) in [5.41, 5.74) is 0.984. The molecule has 1 unspecified atom stereocenters. The van der Waals surface area contributed by atoms with Crippen LogP contribution in [-0.4, -0.2) is 68.1 Å². The molecule has 2 heterocycles. The quantitative estimate of drug-likeness (QED) is 0.236. The normalized spacial score (nSPS) is 18.0. The molecule has 1 saturated heterocycles. The average Bonchev–Trinajstić information content (AvgIpc) is 3.50. The molecule has 2 aromatic rings. The molecule has 0 radical (unpaired) electrons. The number of ether oxygens (including phenoxy) is 3. The number of alkyl halides is 6. The molecule has 0 amide bonds. The molecule has 1 aliphatic carbocycles. The van der Waals surface area contributed by atoms with Crippen molar-refractivity contribution in [2.45, 2.75) is 57.0 Å². The summed E-state index contributed by atoms with van der Waals surface area (Å²) in [4.78, 5) is 18.4. The first kappa shape index (κ1) is 28.1. The SMILES string of the molecule is COc1cc2c(NCCC(F)(F)F)c3c(nc2cc1OCCCN1CCCC1)CCC3OC(=O)C(F)(F)F. The Balaban J connectivity index is 1.64. The van der Waals surface area contributed by atoms with E-state index >= 15 is 0 Å². The summed E-state index contributed by atoms with van der Waals surface area (Å²) < 4.78 is 93.2. The lowest BCUT2D eigenvalue weighted by Gasteiger charge is -2.21. The summed E-state index contributed by atoms with van der Waals surface area (Å²) in [7, 11) is 1.41. The van der Waals surface area contributed by atoms with Crippen LogP contribution < -0.4 is 14.8 Å². The van der Waals surface area contributed by atoms with Gasteiger partial charge in [0, 0.05) is 30.1 Å². The third-order valence-electron chi connectivity index (χ3n) is 6.62. The Bertz CT molecular complexity index is 1150. The molecule has 38 heavy (non-hydrogen) atoms. The number of benzene rings is 1. The van der Waals surface area contributed by atoms with Gasteiger partial charge in [0.25, 0.3) is 0 Å². The van der Waals surface area contributed by atoms with E-state index in [9.17, 15) is 31.1 Å². The predicted octanol–water partition coefficient (Wildman–Crippen LogP) is 5.57. The van der Waals surface area contributed by atoms with Crippen LogP contribution in [0.2, 0.25) is 0 Å². The number of fused-ring (bicyclic) bond motifs is 2. The molecule has 1 fully saturated rings. The Morgan fingerprint density at radius 1 is 1.13 bits per heavy atom. The van der Waals surface area contributed by atoms with E-state index in [0.29, 0.717) is 34.7 Å². The lowest BCUT2D eigenvalue weighted by atomic mass is 10.0. The largest absolute Gasteiger partial charge is 0.493 e. The number of rotatable bonds is 10. The van der Waals surface area contributed by atoms with E-state index in [1.807, 2.05) is 0 Å². The number of likely N-dealkylation sites (tertiary alicyclic amines) is 1. The van der Waals surface area contributed by atoms with Crippen LogP contribution in [0.1, 0.15) is 49.5 Å². The molecule has 2 aliphatic rings. The van der Waals surface area contributed by atoms with Crippen molar-refractivity contribution in [1.29, 1.82) is 0 Å². The van der Waals surface area contributed by atoms with Crippen molar-refractivity contribution in [1.82, 2.24) is 9.88 Å². The number of aromatic nitrogens is 1. The molecule has 13 heteroatoms. The predicted molar refractivity (Wildman–Crippen MR) is 126 cm³/mol. The maximum absolute atomic E-state index is 12.9. The maximum atomic E-state index is 12.9. The van der Waals surface area contributed by atoms with Crippen molar-refractivity contribution >= 4 is 22.6 Å². The first-order chi connectivity index (χ1) is 18.0. The number of hydrogen-bond donors (Lipinski definition) is 1. The molecule has 0 saturated carbocycles. The van der Waals surface area contributed by atoms with Crippen LogP contribution in [-0.2, 0) is 16.0 Å². The third-order valence-corrected chi connectivity index (χ3v) is 6.62. The van der Waals surface area contributed by atoms with Gasteiger partial charge < -0.3 is 24.4 Å². The summed E-state index contributed by atoms with van der Waals surface area (Å²) in [6.07, 6.45) is -8.77. The molecule has 1 aliphatic heterocycles. The number of hydrogen-bond acceptors (Lipinski definition) is 7. The highest BCUT2D eigenvalue weighted by atomic mass is 19.4. The topological polar surface area (TPSA) is 72.9 Å². The molecular weight excluding hydrogens is 520 g/mol. The highest BCUT2D eigenvalue weighted by molar-refractivity contribution is 5.96. The molecule has 4 rings (SSSR count). The number of aryl methyl sites for hydroxylation is 1. The number of esters is 1. The molecule has 0 spiro atoms. The van der Waals surface area contributed by atoms with Crippen LogP contribution >= 0.6 is 0 Å². The summed E-state index contributed by atoms with van der Waals surface area (Å²) in [5.74, 6) is -1.68. The van der Waals surface area contributed by atoms with E-state index in [2.05, 4.69) is 15.2 Å². The second kappa shape index (κ2) is 11.4. The van der Waals surface area contributed by atoms with E-state index in [-0.39, 0.29) is 24.1 Å². The van der Waals surface area contributed by atoms with Gasteiger partial charge in [0.05, 0.1) is 37.0 Å². The summed E-state index contributed by atoms with van der Waals surface area (Å²) in [6, 6.07) is 3.13. The molecular formula is C25H29F6N3O4. The van der Waals surface area contributed by atoms with Gasteiger partial charge in [-0.25, -0.2) is 4.79 Å². The van der Waals surface area contributed by atoms with Gasteiger partial charge in [0.2, 0.25) is 0 Å². The molecule has 1 atom stereocenters. The van der Waals surface area contributed by atoms with Gasteiger partial charge in [-0.3, -0.25) is 4.98 Å². The molecule has 1 N–H and O–H groups in total. The first-order valence-corrected chi connectivity index (χ1v) is 12.4. The maximum Gasteiger partial charge on any atom is 0.490 e. The third kappa shape index (κ3) is 6.72. The summed E-state index contributed by atoms with van der Waals surface area (Å²) in [5, 5.41) is 3.03. The second-order valence-electron chi connectivity index (χ2n) is 9.34. The number of carbonyl (C=O) groups excluding carboxylic acids is 1. The summed E-state index contributed by atoms with van der Waals surface area (Å²) >= 11 is 0. The second-order valence-corrected chi connectivity index (χ2v) is 9.34. The minimum atomic E-state index is -5.21. The molecule has 1 aromatic carbocycles. The Hall–Kier alpha value is -2.96. The fourth-order valence-corrected chi connectivity index (χ4v) is 4.87. The Morgan fingerprint density at radius 2 is 1.87 bits per heavy atom. The summed E-state index contributed by atoms with van der Waals surface area (Å²) in [6.45, 7) is 2.91. The van der Waals surface area contributed by atoms with Gasteiger partial charge in [0.15, 0.2) is 11.5 Å². The number of pyridine rings is 1. The number of nitrogens with one attached hydrogen (secondary N) is 1. The van der Waals surface area contributed by atoms with Crippen LogP contribution in [0.25, 0.3) is 10.9 Å². The fraction of sp³-hybridized carbons (Fsp3) is 0.600. The minimum Gasteiger partial charge on any atom is -0.493 e. The van der Waals surface area contributed by atoms with Crippen LogP contribution in [0.4, 0.5) is 32.0 Å². The zero-order valence-corrected chi connectivity index (χ0v) is 20.8. The zero-order chi connectivity index (χ0) is 27.5. The van der Waals surface area contributed by atoms with Crippen molar-refractivity contribution < 1.29 is 45.3 Å². The monoisotopic (exact) mass is 549 g/mol. The minimum absolute atomic E-state index is 0.0193. The van der Waals surface area contributed by atoms with Crippen LogP contribution in [0.5, 0.6) is 11.5 Å². The molecule has 210 valence electrons. The van der Waals surface area contributed by atoms with Crippen LogP contribution in [0.3, 0.4) is 0 Å². The standard InChI is InChI=1S/C25H29F6N3O4/c1-36-19-13-15-17(14-20(19)37-12-4-11-34-9-2-3-10-34)33-16-5-6-18(38-23(35)25(29,30)31)21(16)22(15)32-8-7-24(26,27)28/h13-14,18H,2-12H2,1H3,(H,32,33). The van der Waals surface area contributed by atoms with Crippen molar-refractivity contribution in [3.8, 4) is 11.5 Å². The Morgan fingerprint density at radius 3 is 2.53 bits per heavy atom. The average molecular weight is 550 g/mol. The highest BCUT2D eigenvalue weighted by Gasteiger charge is 2.44. The van der Waals surface area contributed by atoms with Crippen molar-refractivity contribution in [3.63, 3.8) is 0 Å². The van der Waals surface area contributed by atoms with E-state index < -0.39 is 37.4 Å². The van der Waals surface area contributed by atoms with Crippen molar-refractivity contribution in [3.05, 3.63) is 23.4 Å². The van der Waals surface area contributed by atoms with Gasteiger partial charge in [-0.1, -0.05) is 0 Å². The van der Waals surface area contributed by atoms with Crippen LogP contribution in [0.15, 0.2) is 12.1 Å². The molecule has 1 aromatic heterocycles. The zero-order valence-electron chi connectivity index (χ0n) is 20.8. The Labute approximate surface area is 215 Å². The van der Waals surface area contributed by atoms with E-state index in [1.54, 1.807) is 6.07 Å². The molecule has 7 nitrogen and oxygen atoms in total. The highest BCUT2D eigenvalue weighted by Crippen LogP contribution is 2.45. The first-order valence-electron chi connectivity index (χ1n) is 12.4. The van der Waals surface area contributed by atoms with Crippen molar-refractivity contribution in [2.75, 3.05) is 45.2 Å². The van der Waals surface area contributed by atoms with Gasteiger partial charge in [-0.2, -0.15) is 26.3 Å².